The number of para-hydroxylation sites is 4. The molecule has 682 valence electrons. The van der Waals surface area contributed by atoms with Crippen molar-refractivity contribution in [2.24, 2.45) is 0 Å². The minimum atomic E-state index is -0.870. The first kappa shape index (κ1) is 95.7. The highest BCUT2D eigenvalue weighted by atomic mass is 19.1. The van der Waals surface area contributed by atoms with Gasteiger partial charge in [0.05, 0.1) is 176 Å². The highest BCUT2D eigenvalue weighted by Crippen LogP contribution is 2.25. The third-order valence-corrected chi connectivity index (χ3v) is 22.4. The third-order valence-electron chi connectivity index (χ3n) is 22.4. The van der Waals surface area contributed by atoms with Crippen molar-refractivity contribution in [2.75, 3.05) is 52.7 Å². The largest absolute Gasteiger partial charge is 0.396 e. The van der Waals surface area contributed by atoms with E-state index >= 15 is 0 Å². The Kier molecular flexibility index (Phi) is 35.3. The number of aliphatic hydroxyl groups is 4. The molecule has 0 spiro atoms. The fourth-order valence-electron chi connectivity index (χ4n) is 15.3. The Morgan fingerprint density at radius 3 is 1.01 bits per heavy atom. The molecule has 1 atom stereocenters. The molecule has 1 unspecified atom stereocenters. The lowest BCUT2D eigenvalue weighted by molar-refractivity contribution is 0.0526. The number of fused-ring (bicyclic) bond motifs is 4. The van der Waals surface area contributed by atoms with Crippen LogP contribution >= 0.6 is 0 Å². The van der Waals surface area contributed by atoms with Gasteiger partial charge in [-0.15, -0.1) is 40.8 Å². The highest BCUT2D eigenvalue weighted by Gasteiger charge is 2.22. The van der Waals surface area contributed by atoms with Crippen LogP contribution in [0.1, 0.15) is 122 Å². The van der Waals surface area contributed by atoms with E-state index in [1.807, 2.05) is 212 Å². The predicted molar refractivity (Wildman–Crippen MR) is 506 cm³/mol. The number of rotatable bonds is 40. The maximum absolute atomic E-state index is 14.5. The van der Waals surface area contributed by atoms with Crippen LogP contribution in [0.4, 0.5) is 8.78 Å². The number of hydrogen-bond donors (Lipinski definition) is 4. The summed E-state index contributed by atoms with van der Waals surface area (Å²) in [5.74, 6) is 1.97. The lowest BCUT2D eigenvalue weighted by Gasteiger charge is -2.24. The minimum Gasteiger partial charge on any atom is -0.396 e. The Morgan fingerprint density at radius 2 is 0.667 bits per heavy atom. The molecule has 0 saturated carbocycles. The topological polar surface area (TPSA) is 373 Å². The molecule has 8 aromatic heterocycles. The van der Waals surface area contributed by atoms with Gasteiger partial charge < -0.3 is 43.4 Å². The number of aliphatic hydroxyl groups excluding tert-OH is 4. The minimum absolute atomic E-state index is 0.00511. The van der Waals surface area contributed by atoms with E-state index in [0.29, 0.717) is 125 Å². The first-order chi connectivity index (χ1) is 66.2. The first-order valence-corrected chi connectivity index (χ1v) is 44.4. The summed E-state index contributed by atoms with van der Waals surface area (Å²) in [4.78, 5) is 27.8. The lowest BCUT2D eigenvalue weighted by atomic mass is 10.1. The van der Waals surface area contributed by atoms with Gasteiger partial charge in [-0.25, -0.2) is 8.78 Å². The first-order valence-electron chi connectivity index (χ1n) is 44.4. The highest BCUT2D eigenvalue weighted by molar-refractivity contribution is 5.80. The van der Waals surface area contributed by atoms with Crippen LogP contribution in [-0.2, 0) is 89.8 Å². The monoisotopic (exact) mass is 1800 g/mol. The summed E-state index contributed by atoms with van der Waals surface area (Å²) >= 11 is 0. The number of nitrogens with zero attached hydrogens (tertiary/aromatic N) is 24. The molecule has 4 N–H and O–H groups in total. The molecule has 0 aliphatic carbocycles. The van der Waals surface area contributed by atoms with Gasteiger partial charge in [0.2, 0.25) is 0 Å². The van der Waals surface area contributed by atoms with E-state index in [0.717, 1.165) is 151 Å². The van der Waals surface area contributed by atoms with Crippen molar-refractivity contribution >= 4 is 43.6 Å². The molecule has 0 saturated heterocycles. The van der Waals surface area contributed by atoms with Crippen molar-refractivity contribution in [1.82, 2.24) is 98.6 Å². The fraction of sp³-hybridized carbons (Fsp3) is 0.250. The summed E-state index contributed by atoms with van der Waals surface area (Å²) < 4.78 is 41.5. The second-order valence-electron chi connectivity index (χ2n) is 32.5. The van der Waals surface area contributed by atoms with E-state index < -0.39 is 17.7 Å². The Morgan fingerprint density at radius 1 is 0.333 bits per heavy atom. The average Bonchev–Trinajstić information content (AvgIpc) is 1.80. The van der Waals surface area contributed by atoms with Crippen LogP contribution in [-0.4, -0.2) is 178 Å². The molecule has 135 heavy (non-hydrogen) atoms. The van der Waals surface area contributed by atoms with Gasteiger partial charge in [-0.3, -0.25) is 39.5 Å². The van der Waals surface area contributed by atoms with Gasteiger partial charge in [-0.1, -0.05) is 165 Å². The molecule has 0 aliphatic heterocycles. The number of halogens is 2. The zero-order valence-corrected chi connectivity index (χ0v) is 74.6. The SMILES string of the molecule is N#Cc1ccc(Cn2cnnc2CN(CCCCCCO)Cc2ccc3ccccc3n2)cc1.N#Cc1ccc(Cn2cnnc2CN(CCOCCO)Cc2ccc3ccccc3n2)cc1.N#Cc1ccc(Cn2cnnc2CN(Cc2ccc3ccccc3n2)CC(O)CO)cc1.N#Cc1ccc(Cn2cnnc2CN(Cc2ccc3ccccc3n2)Cc2ccc(F)cc2F)cc1. The number of pyridine rings is 4. The number of hydrogen-bond acceptors (Lipinski definition) is 25. The van der Waals surface area contributed by atoms with Gasteiger partial charge in [-0.2, -0.15) is 21.0 Å². The van der Waals surface area contributed by atoms with E-state index in [-0.39, 0.29) is 32.9 Å². The standard InChI is InChI=1S/C28H22F2N6.C27H30N6O.C25H26N6O2.C24H24N6O2/c29-24-11-9-23(26(30)13-24)16-35(17-25-12-10-22-3-1-2-4-27(22)33-25)18-28-34-32-19-36(28)15-21-7-5-20(14-31)6-8-21;28-17-22-9-11-23(12-10-22)18-33-21-29-31-27(33)20-32(15-5-1-2-6-16-34)19-25-14-13-24-7-3-4-8-26(24)30-25;26-15-20-5-7-21(8-6-20)16-31-19-27-29-25(31)18-30(11-13-33-14-12-32)17-23-10-9-22-3-1-2-4-24(22)28-23;25-11-18-5-7-19(8-6-18)12-30-17-26-28-24(30)15-29(14-22(32)16-31)13-21-10-9-20-3-1-2-4-23(20)27-21/h1-13,19H,15-18H2;3-4,7-14,21,34H,1-2,5-6,15-16,18-20H2;1-10,19,32H,11-14,16-18H2;1-10,17,22,31-32H,12-16H2. The number of nitriles is 4. The second kappa shape index (κ2) is 49.8. The summed E-state index contributed by atoms with van der Waals surface area (Å²) in [6, 6.07) is 90.4. The molecule has 0 aliphatic rings. The molecular weight excluding hydrogens is 1700 g/mol. The normalized spacial score (nSPS) is 11.4. The number of unbranched alkanes of at least 4 members (excludes halogenated alkanes) is 3. The molecule has 8 heterocycles. The zero-order chi connectivity index (χ0) is 93.7. The van der Waals surface area contributed by atoms with E-state index in [2.05, 4.69) is 110 Å². The van der Waals surface area contributed by atoms with Gasteiger partial charge in [0, 0.05) is 85.6 Å². The third kappa shape index (κ3) is 28.8. The Balaban J connectivity index is 0.000000144. The van der Waals surface area contributed by atoms with Crippen molar-refractivity contribution in [1.29, 1.82) is 21.0 Å². The van der Waals surface area contributed by atoms with Gasteiger partial charge in [0.1, 0.15) is 60.2 Å². The van der Waals surface area contributed by atoms with E-state index in [9.17, 15) is 19.0 Å². The van der Waals surface area contributed by atoms with E-state index in [4.69, 9.17) is 55.9 Å². The van der Waals surface area contributed by atoms with Crippen LogP contribution in [0.25, 0.3) is 43.6 Å². The Hall–Kier alpha value is -15.4. The molecule has 9 aromatic carbocycles. The van der Waals surface area contributed by atoms with E-state index in [1.165, 1.54) is 12.1 Å². The van der Waals surface area contributed by atoms with Gasteiger partial charge in [0.25, 0.3) is 0 Å². The van der Waals surface area contributed by atoms with E-state index in [1.54, 1.807) is 49.6 Å². The van der Waals surface area contributed by atoms with Crippen LogP contribution in [0.15, 0.2) is 286 Å². The quantitative estimate of drug-likeness (QED) is 0.0259. The number of ether oxygens (including phenoxy) is 1. The predicted octanol–water partition coefficient (Wildman–Crippen LogP) is 14.4. The molecule has 0 amide bonds. The summed E-state index contributed by atoms with van der Waals surface area (Å²) in [6.07, 6.45) is 9.96. The summed E-state index contributed by atoms with van der Waals surface area (Å²) in [5, 5.41) is 112. The van der Waals surface area contributed by atoms with Crippen LogP contribution in [0.2, 0.25) is 0 Å². The maximum atomic E-state index is 14.5. The summed E-state index contributed by atoms with van der Waals surface area (Å²) in [6.45, 7) is 9.58. The molecule has 17 aromatic rings. The maximum Gasteiger partial charge on any atom is 0.147 e. The fourth-order valence-corrected chi connectivity index (χ4v) is 15.3. The molecule has 31 heteroatoms. The molecule has 29 nitrogen and oxygen atoms in total. The molecule has 0 fully saturated rings. The van der Waals surface area contributed by atoms with Crippen LogP contribution in [0, 0.1) is 57.0 Å². The molecule has 0 radical (unpaired) electrons. The average molecular weight is 1810 g/mol. The van der Waals surface area contributed by atoms with Gasteiger partial charge >= 0.3 is 0 Å². The molecule has 17 rings (SSSR count). The van der Waals surface area contributed by atoms with Crippen molar-refractivity contribution in [3.05, 3.63) is 394 Å². The van der Waals surface area contributed by atoms with Crippen LogP contribution in [0.3, 0.4) is 0 Å². The lowest BCUT2D eigenvalue weighted by Crippen LogP contribution is -2.34. The number of aromatic nitrogens is 16. The Labute approximate surface area is 780 Å². The smallest absolute Gasteiger partial charge is 0.147 e. The summed E-state index contributed by atoms with van der Waals surface area (Å²) in [7, 11) is 0. The van der Waals surface area contributed by atoms with Crippen molar-refractivity contribution in [3.63, 3.8) is 0 Å². The number of benzene rings is 9. The van der Waals surface area contributed by atoms with Crippen LogP contribution in [0.5, 0.6) is 0 Å². The zero-order valence-electron chi connectivity index (χ0n) is 74.6. The Bertz CT molecular complexity index is 6830. The van der Waals surface area contributed by atoms with Crippen molar-refractivity contribution < 1.29 is 33.9 Å². The molecule has 0 bridgehead atoms. The van der Waals surface area contributed by atoms with Crippen LogP contribution < -0.4 is 0 Å². The van der Waals surface area contributed by atoms with Crippen molar-refractivity contribution in [2.45, 2.75) is 117 Å². The second-order valence-corrected chi connectivity index (χ2v) is 32.5. The van der Waals surface area contributed by atoms with Gasteiger partial charge in [-0.05, 0) is 145 Å². The van der Waals surface area contributed by atoms with Gasteiger partial charge in [0.15, 0.2) is 0 Å². The summed E-state index contributed by atoms with van der Waals surface area (Å²) in [5.41, 5.74) is 14.6. The van der Waals surface area contributed by atoms with Crippen molar-refractivity contribution in [3.8, 4) is 24.3 Å². The molecular formula is C104H102F2N24O5.